The van der Waals surface area contributed by atoms with Crippen LogP contribution in [0.1, 0.15) is 11.1 Å². The predicted molar refractivity (Wildman–Crippen MR) is 115 cm³/mol. The van der Waals surface area contributed by atoms with E-state index in [0.717, 1.165) is 22.8 Å². The number of hydrogen-bond acceptors (Lipinski definition) is 4. The molecule has 4 aromatic rings. The summed E-state index contributed by atoms with van der Waals surface area (Å²) in [4.78, 5) is 6.06. The van der Waals surface area contributed by atoms with Crippen LogP contribution in [-0.4, -0.2) is 11.2 Å². The summed E-state index contributed by atoms with van der Waals surface area (Å²) in [6.45, 7) is 2.95. The van der Waals surface area contributed by atoms with Crippen LogP contribution in [0.15, 0.2) is 71.6 Å². The van der Waals surface area contributed by atoms with Crippen LogP contribution in [0.5, 0.6) is 0 Å². The molecular formula is C22H20N2S2. The molecule has 2 nitrogen and oxygen atoms in total. The van der Waals surface area contributed by atoms with Gasteiger partial charge in [-0.05, 0) is 72.8 Å². The van der Waals surface area contributed by atoms with E-state index in [1.165, 1.54) is 26.3 Å². The van der Waals surface area contributed by atoms with Crippen molar-refractivity contribution in [3.63, 3.8) is 0 Å². The summed E-state index contributed by atoms with van der Waals surface area (Å²) in [5.74, 6) is 0. The van der Waals surface area contributed by atoms with Crippen molar-refractivity contribution in [3.8, 4) is 10.6 Å². The minimum atomic E-state index is 0.828. The largest absolute Gasteiger partial charge is 0.381 e. The van der Waals surface area contributed by atoms with Gasteiger partial charge >= 0.3 is 0 Å². The number of aryl methyl sites for hydroxylation is 1. The molecule has 0 spiro atoms. The molecule has 0 radical (unpaired) electrons. The maximum absolute atomic E-state index is 4.76. The average molecular weight is 377 g/mol. The van der Waals surface area contributed by atoms with Crippen LogP contribution in [0, 0.1) is 6.92 Å². The molecule has 130 valence electrons. The van der Waals surface area contributed by atoms with Gasteiger partial charge < -0.3 is 5.32 Å². The number of rotatable bonds is 5. The molecular weight excluding hydrogens is 356 g/mol. The number of benzene rings is 3. The molecule has 0 aliphatic heterocycles. The van der Waals surface area contributed by atoms with Gasteiger partial charge in [-0.2, -0.15) is 0 Å². The molecule has 1 N–H and O–H groups in total. The first-order valence-corrected chi connectivity index (χ1v) is 10.6. The maximum Gasteiger partial charge on any atom is 0.124 e. The van der Waals surface area contributed by atoms with Gasteiger partial charge in [0.05, 0.1) is 10.2 Å². The summed E-state index contributed by atoms with van der Waals surface area (Å²) in [6, 6.07) is 23.6. The van der Waals surface area contributed by atoms with Gasteiger partial charge in [0.1, 0.15) is 5.01 Å². The molecule has 1 heterocycles. The van der Waals surface area contributed by atoms with Gasteiger partial charge in [0.25, 0.3) is 0 Å². The molecule has 3 aromatic carbocycles. The number of thiazole rings is 1. The predicted octanol–water partition coefficient (Wildman–Crippen LogP) is 6.61. The fraction of sp³-hybridized carbons (Fsp3) is 0.136. The molecule has 0 atom stereocenters. The molecule has 0 saturated heterocycles. The summed E-state index contributed by atoms with van der Waals surface area (Å²) >= 11 is 3.52. The van der Waals surface area contributed by atoms with Crippen LogP contribution in [0.4, 0.5) is 5.69 Å². The van der Waals surface area contributed by atoms with E-state index >= 15 is 0 Å². The smallest absolute Gasteiger partial charge is 0.124 e. The van der Waals surface area contributed by atoms with E-state index in [2.05, 4.69) is 85.2 Å². The number of fused-ring (bicyclic) bond motifs is 1. The van der Waals surface area contributed by atoms with Crippen LogP contribution in [-0.2, 0) is 6.54 Å². The van der Waals surface area contributed by atoms with Crippen molar-refractivity contribution in [1.29, 1.82) is 0 Å². The van der Waals surface area contributed by atoms with Crippen molar-refractivity contribution in [3.05, 3.63) is 77.9 Å². The summed E-state index contributed by atoms with van der Waals surface area (Å²) in [7, 11) is 0. The van der Waals surface area contributed by atoms with Crippen molar-refractivity contribution in [2.75, 3.05) is 11.6 Å². The van der Waals surface area contributed by atoms with Gasteiger partial charge in [0, 0.05) is 22.7 Å². The summed E-state index contributed by atoms with van der Waals surface area (Å²) in [6.07, 6.45) is 2.10. The first kappa shape index (κ1) is 17.1. The Kier molecular flexibility index (Phi) is 4.96. The second kappa shape index (κ2) is 7.52. The number of aromatic nitrogens is 1. The molecule has 0 unspecified atom stereocenters. The Balaban J connectivity index is 1.46. The lowest BCUT2D eigenvalue weighted by Gasteiger charge is -2.07. The lowest BCUT2D eigenvalue weighted by molar-refractivity contribution is 1.14. The van der Waals surface area contributed by atoms with Gasteiger partial charge in [-0.3, -0.25) is 0 Å². The lowest BCUT2D eigenvalue weighted by Crippen LogP contribution is -1.98. The Morgan fingerprint density at radius 1 is 0.962 bits per heavy atom. The van der Waals surface area contributed by atoms with Crippen molar-refractivity contribution < 1.29 is 0 Å². The van der Waals surface area contributed by atoms with Crippen molar-refractivity contribution in [1.82, 2.24) is 4.98 Å². The Hall–Kier alpha value is -2.30. The summed E-state index contributed by atoms with van der Waals surface area (Å²) in [5, 5.41) is 4.56. The van der Waals surface area contributed by atoms with Crippen molar-refractivity contribution in [2.45, 2.75) is 18.4 Å². The zero-order valence-corrected chi connectivity index (χ0v) is 16.5. The Labute approximate surface area is 162 Å². The number of nitrogens with zero attached hydrogens (tertiary/aromatic N) is 1. The Morgan fingerprint density at radius 3 is 2.46 bits per heavy atom. The SMILES string of the molecule is CSc1ccc(CNc2ccc(-c3nc4ccc(C)cc4s3)cc2)cc1. The van der Waals surface area contributed by atoms with E-state index in [-0.39, 0.29) is 0 Å². The zero-order chi connectivity index (χ0) is 17.9. The van der Waals surface area contributed by atoms with Crippen molar-refractivity contribution in [2.24, 2.45) is 0 Å². The van der Waals surface area contributed by atoms with Crippen molar-refractivity contribution >= 4 is 39.0 Å². The molecule has 0 aliphatic rings. The van der Waals surface area contributed by atoms with E-state index in [1.54, 1.807) is 23.1 Å². The highest BCUT2D eigenvalue weighted by Crippen LogP contribution is 2.31. The topological polar surface area (TPSA) is 24.9 Å². The molecule has 4 heteroatoms. The monoisotopic (exact) mass is 376 g/mol. The maximum atomic E-state index is 4.76. The number of thioether (sulfide) groups is 1. The third-order valence-corrected chi connectivity index (χ3v) is 6.14. The van der Waals surface area contributed by atoms with Gasteiger partial charge in [0.2, 0.25) is 0 Å². The van der Waals surface area contributed by atoms with Crippen LogP contribution < -0.4 is 5.32 Å². The molecule has 0 saturated carbocycles. The molecule has 0 amide bonds. The fourth-order valence-electron chi connectivity index (χ4n) is 2.83. The standard InChI is InChI=1S/C22H20N2S2/c1-15-3-12-20-21(13-15)26-22(24-20)17-6-8-18(9-7-17)23-14-16-4-10-19(25-2)11-5-16/h3-13,23H,14H2,1-2H3. The first-order chi connectivity index (χ1) is 12.7. The highest BCUT2D eigenvalue weighted by Gasteiger charge is 2.06. The second-order valence-corrected chi connectivity index (χ2v) is 8.18. The second-order valence-electron chi connectivity index (χ2n) is 6.27. The summed E-state index contributed by atoms with van der Waals surface area (Å²) < 4.78 is 1.25. The fourth-order valence-corrected chi connectivity index (χ4v) is 4.31. The van der Waals surface area contributed by atoms with E-state index in [0.29, 0.717) is 0 Å². The highest BCUT2D eigenvalue weighted by atomic mass is 32.2. The molecule has 0 aliphatic carbocycles. The lowest BCUT2D eigenvalue weighted by atomic mass is 10.2. The molecule has 26 heavy (non-hydrogen) atoms. The van der Waals surface area contributed by atoms with E-state index < -0.39 is 0 Å². The average Bonchev–Trinajstić information content (AvgIpc) is 3.10. The minimum Gasteiger partial charge on any atom is -0.381 e. The number of nitrogens with one attached hydrogen (secondary N) is 1. The third kappa shape index (κ3) is 3.76. The molecule has 0 bridgehead atoms. The minimum absolute atomic E-state index is 0.828. The van der Waals surface area contributed by atoms with Gasteiger partial charge in [-0.15, -0.1) is 23.1 Å². The van der Waals surface area contributed by atoms with E-state index in [9.17, 15) is 0 Å². The number of hydrogen-bond donors (Lipinski definition) is 1. The molecule has 0 fully saturated rings. The Morgan fingerprint density at radius 2 is 1.73 bits per heavy atom. The molecule has 4 rings (SSSR count). The number of anilines is 1. The van der Waals surface area contributed by atoms with E-state index in [4.69, 9.17) is 4.98 Å². The summed E-state index contributed by atoms with van der Waals surface area (Å²) in [5.41, 5.74) is 5.93. The normalized spacial score (nSPS) is 11.0. The highest BCUT2D eigenvalue weighted by molar-refractivity contribution is 7.98. The van der Waals surface area contributed by atoms with Crippen LogP contribution >= 0.6 is 23.1 Å². The van der Waals surface area contributed by atoms with Crippen LogP contribution in [0.3, 0.4) is 0 Å². The molecule has 1 aromatic heterocycles. The van der Waals surface area contributed by atoms with Crippen LogP contribution in [0.25, 0.3) is 20.8 Å². The van der Waals surface area contributed by atoms with Gasteiger partial charge in [-0.25, -0.2) is 4.98 Å². The van der Waals surface area contributed by atoms with Gasteiger partial charge in [0.15, 0.2) is 0 Å². The quantitative estimate of drug-likeness (QED) is 0.397. The van der Waals surface area contributed by atoms with Crippen LogP contribution in [0.2, 0.25) is 0 Å². The van der Waals surface area contributed by atoms with Gasteiger partial charge in [-0.1, -0.05) is 18.2 Å². The Bertz CT molecular complexity index is 1020. The van der Waals surface area contributed by atoms with E-state index in [1.807, 2.05) is 0 Å². The first-order valence-electron chi connectivity index (χ1n) is 8.56. The third-order valence-electron chi connectivity index (χ3n) is 4.33. The zero-order valence-electron chi connectivity index (χ0n) is 14.8.